The van der Waals surface area contributed by atoms with Crippen LogP contribution in [-0.4, -0.2) is 24.0 Å². The van der Waals surface area contributed by atoms with E-state index in [9.17, 15) is 0 Å². The number of ether oxygens (including phenoxy) is 1. The van der Waals surface area contributed by atoms with Crippen LogP contribution in [0.2, 0.25) is 6.04 Å². The van der Waals surface area contributed by atoms with Crippen molar-refractivity contribution in [2.75, 3.05) is 13.7 Å². The number of methoxy groups -OCH3 is 1. The van der Waals surface area contributed by atoms with Crippen LogP contribution >= 0.6 is 0 Å². The summed E-state index contributed by atoms with van der Waals surface area (Å²) in [6.07, 6.45) is 1.20. The molecule has 0 aliphatic carbocycles. The summed E-state index contributed by atoms with van der Waals surface area (Å²) in [6.45, 7) is 0.920. The molecule has 0 atom stereocenters. The van der Waals surface area contributed by atoms with E-state index in [4.69, 9.17) is 4.74 Å². The fourth-order valence-electron chi connectivity index (χ4n) is 0.246. The molecular formula is C4H11OSi. The van der Waals surface area contributed by atoms with Gasteiger partial charge >= 0.3 is 0 Å². The molecule has 0 bridgehead atoms. The van der Waals surface area contributed by atoms with Crippen LogP contribution in [0.15, 0.2) is 0 Å². The second-order valence-corrected chi connectivity index (χ2v) is 1.91. The minimum atomic E-state index is 0.920. The Labute approximate surface area is 42.1 Å². The van der Waals surface area contributed by atoms with Gasteiger partial charge in [-0.05, 0) is 6.42 Å². The summed E-state index contributed by atoms with van der Waals surface area (Å²) >= 11 is 0. The quantitative estimate of drug-likeness (QED) is 0.363. The highest BCUT2D eigenvalue weighted by Gasteiger charge is 1.74. The number of hydrogen-bond donors (Lipinski definition) is 0. The first-order valence-electron chi connectivity index (χ1n) is 2.20. The Balaban J connectivity index is 2.34. The molecule has 0 amide bonds. The lowest BCUT2D eigenvalue weighted by molar-refractivity contribution is 0.199. The molecule has 0 heterocycles. The van der Waals surface area contributed by atoms with Gasteiger partial charge in [0.25, 0.3) is 0 Å². The van der Waals surface area contributed by atoms with Crippen LogP contribution < -0.4 is 0 Å². The highest BCUT2D eigenvalue weighted by molar-refractivity contribution is 6.08. The smallest absolute Gasteiger partial charge is 0.0459 e. The molecule has 0 fully saturated rings. The van der Waals surface area contributed by atoms with E-state index in [-0.39, 0.29) is 0 Å². The Morgan fingerprint density at radius 3 is 2.50 bits per heavy atom. The Hall–Kier alpha value is 0.177. The lowest BCUT2D eigenvalue weighted by Crippen LogP contribution is -1.85. The van der Waals surface area contributed by atoms with E-state index in [1.54, 1.807) is 7.11 Å². The molecule has 37 valence electrons. The fourth-order valence-corrected chi connectivity index (χ4v) is 0.451. The molecule has 0 unspecified atom stereocenters. The highest BCUT2D eigenvalue weighted by Crippen LogP contribution is 1.81. The molecule has 2 heteroatoms. The zero-order chi connectivity index (χ0) is 4.83. The van der Waals surface area contributed by atoms with Crippen molar-refractivity contribution in [3.63, 3.8) is 0 Å². The van der Waals surface area contributed by atoms with Crippen molar-refractivity contribution in [2.24, 2.45) is 0 Å². The minimum absolute atomic E-state index is 0.920. The van der Waals surface area contributed by atoms with Crippen LogP contribution in [0.3, 0.4) is 0 Å². The van der Waals surface area contributed by atoms with Gasteiger partial charge in [-0.2, -0.15) is 0 Å². The summed E-state index contributed by atoms with van der Waals surface area (Å²) in [5, 5.41) is 0. The van der Waals surface area contributed by atoms with Gasteiger partial charge in [-0.25, -0.2) is 0 Å². The first kappa shape index (κ1) is 6.18. The van der Waals surface area contributed by atoms with Gasteiger partial charge in [0, 0.05) is 24.0 Å². The largest absolute Gasteiger partial charge is 0.385 e. The fraction of sp³-hybridized carbons (Fsp3) is 1.00. The van der Waals surface area contributed by atoms with E-state index in [0.717, 1.165) is 6.61 Å². The Morgan fingerprint density at radius 2 is 2.33 bits per heavy atom. The third-order valence-corrected chi connectivity index (χ3v) is 1.10. The Bertz CT molecular complexity index is 19.5. The molecule has 0 N–H and O–H groups in total. The normalized spacial score (nSPS) is 9.00. The average Bonchev–Trinajstić information content (AvgIpc) is 1.61. The van der Waals surface area contributed by atoms with Crippen molar-refractivity contribution in [2.45, 2.75) is 12.5 Å². The molecule has 0 aliphatic heterocycles. The van der Waals surface area contributed by atoms with E-state index in [1.807, 2.05) is 10.2 Å². The summed E-state index contributed by atoms with van der Waals surface area (Å²) in [5.41, 5.74) is 0. The first-order valence-corrected chi connectivity index (χ1v) is 3.20. The van der Waals surface area contributed by atoms with Gasteiger partial charge in [0.1, 0.15) is 0 Å². The van der Waals surface area contributed by atoms with E-state index in [2.05, 4.69) is 0 Å². The van der Waals surface area contributed by atoms with Crippen molar-refractivity contribution >= 4 is 10.2 Å². The van der Waals surface area contributed by atoms with Crippen LogP contribution in [0.4, 0.5) is 0 Å². The molecule has 0 rings (SSSR count). The third kappa shape index (κ3) is 4.18. The SMILES string of the molecule is COCCC[SiH2]. The predicted molar refractivity (Wildman–Crippen MR) is 29.8 cm³/mol. The second kappa shape index (κ2) is 5.18. The number of rotatable bonds is 3. The van der Waals surface area contributed by atoms with Crippen LogP contribution in [0.25, 0.3) is 0 Å². The topological polar surface area (TPSA) is 9.23 Å². The maximum atomic E-state index is 4.79. The molecule has 0 aromatic carbocycles. The van der Waals surface area contributed by atoms with E-state index in [1.165, 1.54) is 12.5 Å². The molecule has 0 aromatic rings. The van der Waals surface area contributed by atoms with Crippen LogP contribution in [-0.2, 0) is 4.74 Å². The van der Waals surface area contributed by atoms with Crippen molar-refractivity contribution < 1.29 is 4.74 Å². The molecule has 0 spiro atoms. The molecule has 6 heavy (non-hydrogen) atoms. The van der Waals surface area contributed by atoms with Crippen molar-refractivity contribution in [3.05, 3.63) is 0 Å². The van der Waals surface area contributed by atoms with E-state index in [0.29, 0.717) is 0 Å². The predicted octanol–water partition coefficient (Wildman–Crippen LogP) is 0.0743. The monoisotopic (exact) mass is 103 g/mol. The first-order chi connectivity index (χ1) is 2.91. The lowest BCUT2D eigenvalue weighted by Gasteiger charge is -1.89. The van der Waals surface area contributed by atoms with E-state index >= 15 is 0 Å². The van der Waals surface area contributed by atoms with Gasteiger partial charge in [0.15, 0.2) is 0 Å². The molecule has 0 saturated heterocycles. The third-order valence-electron chi connectivity index (χ3n) is 0.598. The Kier molecular flexibility index (Phi) is 5.33. The van der Waals surface area contributed by atoms with Crippen molar-refractivity contribution in [3.8, 4) is 0 Å². The van der Waals surface area contributed by atoms with Gasteiger partial charge in [-0.15, -0.1) is 0 Å². The zero-order valence-corrected chi connectivity index (χ0v) is 5.65. The molecule has 0 saturated carbocycles. The van der Waals surface area contributed by atoms with Crippen molar-refractivity contribution in [1.82, 2.24) is 0 Å². The van der Waals surface area contributed by atoms with Gasteiger partial charge in [0.2, 0.25) is 0 Å². The number of hydrogen-bond acceptors (Lipinski definition) is 1. The van der Waals surface area contributed by atoms with Crippen LogP contribution in [0.5, 0.6) is 0 Å². The maximum Gasteiger partial charge on any atom is 0.0459 e. The summed E-state index contributed by atoms with van der Waals surface area (Å²) in [6, 6.07) is 1.26. The summed E-state index contributed by atoms with van der Waals surface area (Å²) in [4.78, 5) is 0. The molecule has 0 aliphatic rings. The molecule has 0 aromatic heterocycles. The van der Waals surface area contributed by atoms with Crippen LogP contribution in [0, 0.1) is 0 Å². The van der Waals surface area contributed by atoms with Gasteiger partial charge in [0.05, 0.1) is 0 Å². The van der Waals surface area contributed by atoms with Crippen LogP contribution in [0.1, 0.15) is 6.42 Å². The van der Waals surface area contributed by atoms with Gasteiger partial charge < -0.3 is 4.74 Å². The Morgan fingerprint density at radius 1 is 1.67 bits per heavy atom. The maximum absolute atomic E-state index is 4.79. The van der Waals surface area contributed by atoms with Gasteiger partial charge in [-0.3, -0.25) is 0 Å². The van der Waals surface area contributed by atoms with Gasteiger partial charge in [-0.1, -0.05) is 6.04 Å². The zero-order valence-electron chi connectivity index (χ0n) is 4.24. The lowest BCUT2D eigenvalue weighted by atomic mass is 10.5. The summed E-state index contributed by atoms with van der Waals surface area (Å²) in [7, 11) is 3.72. The average molecular weight is 103 g/mol. The van der Waals surface area contributed by atoms with Crippen molar-refractivity contribution in [1.29, 1.82) is 0 Å². The molecular weight excluding hydrogens is 92.1 g/mol. The minimum Gasteiger partial charge on any atom is -0.385 e. The second-order valence-electron chi connectivity index (χ2n) is 1.20. The summed E-state index contributed by atoms with van der Waals surface area (Å²) in [5.74, 6) is 0. The molecule has 1 radical (unpaired) electrons. The molecule has 1 nitrogen and oxygen atoms in total. The standard InChI is InChI=1S/C4H11OSi/c1-5-3-2-4-6/h2-4,6H2,1H3. The summed E-state index contributed by atoms with van der Waals surface area (Å²) < 4.78 is 4.79. The van der Waals surface area contributed by atoms with E-state index < -0.39 is 0 Å². The highest BCUT2D eigenvalue weighted by atomic mass is 28.1.